The summed E-state index contributed by atoms with van der Waals surface area (Å²) in [6.07, 6.45) is 5.43. The number of hydrogen-bond acceptors (Lipinski definition) is 7. The molecule has 7 nitrogen and oxygen atoms in total. The maximum absolute atomic E-state index is 11.9. The van der Waals surface area contributed by atoms with Crippen LogP contribution in [0.4, 0.5) is 0 Å². The van der Waals surface area contributed by atoms with E-state index in [1.54, 1.807) is 6.20 Å². The maximum atomic E-state index is 11.9. The lowest BCUT2D eigenvalue weighted by Gasteiger charge is -2.24. The fourth-order valence-electron chi connectivity index (χ4n) is 3.31. The first kappa shape index (κ1) is 16.7. The molecule has 0 radical (unpaired) electrons. The molecule has 1 N–H and O–H groups in total. The molecule has 0 bridgehead atoms. The van der Waals surface area contributed by atoms with Crippen LogP contribution in [0.5, 0.6) is 0 Å². The van der Waals surface area contributed by atoms with Crippen LogP contribution in [-0.2, 0) is 16.1 Å². The fraction of sp³-hybridized carbons (Fsp3) is 0.588. The van der Waals surface area contributed by atoms with E-state index < -0.39 is 0 Å². The molecule has 0 amide bonds. The largest absolute Gasteiger partial charge is 0.466 e. The summed E-state index contributed by atoms with van der Waals surface area (Å²) < 4.78 is 10.3. The quantitative estimate of drug-likeness (QED) is 0.846. The van der Waals surface area contributed by atoms with Crippen molar-refractivity contribution < 1.29 is 14.1 Å². The number of nitrogens with zero attached hydrogens (tertiary/aromatic N) is 3. The number of rotatable bonds is 4. The van der Waals surface area contributed by atoms with Crippen molar-refractivity contribution in [2.45, 2.75) is 39.7 Å². The van der Waals surface area contributed by atoms with E-state index in [0.717, 1.165) is 24.4 Å². The molecule has 0 saturated carbocycles. The van der Waals surface area contributed by atoms with Crippen molar-refractivity contribution in [2.75, 3.05) is 20.2 Å². The summed E-state index contributed by atoms with van der Waals surface area (Å²) in [6, 6.07) is 0. The molecule has 1 aromatic heterocycles. The average molecular weight is 332 g/mol. The molecule has 1 aromatic rings. The van der Waals surface area contributed by atoms with Crippen molar-refractivity contribution in [3.05, 3.63) is 29.2 Å². The number of likely N-dealkylation sites (tertiary alicyclic amines) is 1. The van der Waals surface area contributed by atoms with Crippen molar-refractivity contribution in [2.24, 2.45) is 5.92 Å². The van der Waals surface area contributed by atoms with E-state index in [4.69, 9.17) is 9.26 Å². The van der Waals surface area contributed by atoms with Gasteiger partial charge in [-0.2, -0.15) is 4.98 Å². The lowest BCUT2D eigenvalue weighted by Crippen LogP contribution is -2.29. The second kappa shape index (κ2) is 7.17. The Hall–Kier alpha value is -2.15. The van der Waals surface area contributed by atoms with Gasteiger partial charge in [0.1, 0.15) is 0 Å². The molecule has 0 unspecified atom stereocenters. The van der Waals surface area contributed by atoms with Crippen LogP contribution in [0.25, 0.3) is 5.57 Å². The number of esters is 1. The van der Waals surface area contributed by atoms with Crippen LogP contribution in [0.2, 0.25) is 0 Å². The summed E-state index contributed by atoms with van der Waals surface area (Å²) in [7, 11) is 1.38. The summed E-state index contributed by atoms with van der Waals surface area (Å²) in [6.45, 7) is 6.75. The highest BCUT2D eigenvalue weighted by molar-refractivity contribution is 5.93. The second-order valence-corrected chi connectivity index (χ2v) is 6.35. The van der Waals surface area contributed by atoms with Gasteiger partial charge in [0.25, 0.3) is 5.89 Å². The Morgan fingerprint density at radius 3 is 2.88 bits per heavy atom. The second-order valence-electron chi connectivity index (χ2n) is 6.35. The van der Waals surface area contributed by atoms with E-state index in [1.807, 2.05) is 13.8 Å². The number of aromatic nitrogens is 2. The lowest BCUT2D eigenvalue weighted by atomic mass is 9.89. The third kappa shape index (κ3) is 3.36. The monoisotopic (exact) mass is 332 g/mol. The minimum Gasteiger partial charge on any atom is -0.466 e. The van der Waals surface area contributed by atoms with E-state index in [-0.39, 0.29) is 11.9 Å². The Kier molecular flexibility index (Phi) is 4.99. The van der Waals surface area contributed by atoms with Gasteiger partial charge >= 0.3 is 5.97 Å². The van der Waals surface area contributed by atoms with E-state index in [0.29, 0.717) is 23.8 Å². The minimum absolute atomic E-state index is 0.165. The van der Waals surface area contributed by atoms with E-state index in [1.165, 1.54) is 26.4 Å². The number of carbonyl (C=O) groups excluding carboxylic acids is 1. The topological polar surface area (TPSA) is 80.5 Å². The van der Waals surface area contributed by atoms with E-state index in [9.17, 15) is 4.79 Å². The van der Waals surface area contributed by atoms with Gasteiger partial charge in [-0.05, 0) is 32.9 Å². The van der Waals surface area contributed by atoms with Crippen LogP contribution >= 0.6 is 0 Å². The zero-order valence-corrected chi connectivity index (χ0v) is 14.5. The zero-order chi connectivity index (χ0) is 17.1. The van der Waals surface area contributed by atoms with E-state index >= 15 is 0 Å². The van der Waals surface area contributed by atoms with Crippen LogP contribution in [0.3, 0.4) is 0 Å². The van der Waals surface area contributed by atoms with Crippen LogP contribution in [-0.4, -0.2) is 41.2 Å². The molecular formula is C17H24N4O3. The number of piperidine rings is 1. The van der Waals surface area contributed by atoms with Gasteiger partial charge < -0.3 is 14.6 Å². The molecule has 2 aliphatic rings. The Labute approximate surface area is 141 Å². The molecule has 1 atom stereocenters. The van der Waals surface area contributed by atoms with Crippen molar-refractivity contribution >= 4 is 11.5 Å². The smallest absolute Gasteiger partial charge is 0.335 e. The normalized spacial score (nSPS) is 22.1. The summed E-state index contributed by atoms with van der Waals surface area (Å²) >= 11 is 0. The van der Waals surface area contributed by atoms with Gasteiger partial charge in [0, 0.05) is 23.4 Å². The molecule has 2 aliphatic heterocycles. The highest BCUT2D eigenvalue weighted by Gasteiger charge is 2.30. The minimum atomic E-state index is -0.354. The molecule has 0 aromatic carbocycles. The Morgan fingerprint density at radius 2 is 2.17 bits per heavy atom. The molecule has 3 heterocycles. The van der Waals surface area contributed by atoms with E-state index in [2.05, 4.69) is 20.4 Å². The molecule has 3 rings (SSSR count). The molecule has 1 saturated heterocycles. The maximum Gasteiger partial charge on any atom is 0.335 e. The Bertz CT molecular complexity index is 671. The van der Waals surface area contributed by atoms with Gasteiger partial charge in [0.05, 0.1) is 19.2 Å². The molecule has 0 spiro atoms. The number of dihydropyridines is 1. The Balaban J connectivity index is 1.77. The average Bonchev–Trinajstić information content (AvgIpc) is 3.03. The van der Waals surface area contributed by atoms with Crippen LogP contribution in [0.15, 0.2) is 22.0 Å². The molecule has 0 aliphatic carbocycles. The summed E-state index contributed by atoms with van der Waals surface area (Å²) in [5.74, 6) is 0.637. The fourth-order valence-corrected chi connectivity index (χ4v) is 3.31. The number of allylic oxidation sites excluding steroid dienone is 2. The van der Waals surface area contributed by atoms with Gasteiger partial charge in [-0.15, -0.1) is 0 Å². The number of methoxy groups -OCH3 is 1. The number of carbonyl (C=O) groups is 1. The zero-order valence-electron chi connectivity index (χ0n) is 14.5. The number of ether oxygens (including phenoxy) is 1. The molecule has 24 heavy (non-hydrogen) atoms. The SMILES string of the molecule is COC(=O)C1=CNC(C)=C(c2nc(CN3CCCCC3)no2)[C@H]1C. The van der Waals surface area contributed by atoms with Crippen molar-refractivity contribution in [1.82, 2.24) is 20.4 Å². The third-order valence-electron chi connectivity index (χ3n) is 4.68. The Morgan fingerprint density at radius 1 is 1.42 bits per heavy atom. The third-order valence-corrected chi connectivity index (χ3v) is 4.68. The number of hydrogen-bond donors (Lipinski definition) is 1. The lowest BCUT2D eigenvalue weighted by molar-refractivity contribution is -0.136. The summed E-state index contributed by atoms with van der Waals surface area (Å²) in [5.41, 5.74) is 2.30. The highest BCUT2D eigenvalue weighted by Crippen LogP contribution is 2.33. The number of nitrogens with one attached hydrogen (secondary N) is 1. The molecule has 7 heteroatoms. The first-order valence-corrected chi connectivity index (χ1v) is 8.41. The highest BCUT2D eigenvalue weighted by atomic mass is 16.5. The van der Waals surface area contributed by atoms with Gasteiger partial charge in [0.15, 0.2) is 5.82 Å². The molecule has 130 valence electrons. The first-order chi connectivity index (χ1) is 11.6. The standard InChI is InChI=1S/C17H24N4O3/c1-11-13(17(22)23-3)9-18-12(2)15(11)16-19-14(20-24-16)10-21-7-5-4-6-8-21/h9,11,18H,4-8,10H2,1-3H3/t11-/m0/s1. The van der Waals surface area contributed by atoms with Gasteiger partial charge in [-0.1, -0.05) is 18.5 Å². The van der Waals surface area contributed by atoms with Crippen molar-refractivity contribution in [3.8, 4) is 0 Å². The van der Waals surface area contributed by atoms with Gasteiger partial charge in [-0.25, -0.2) is 4.79 Å². The van der Waals surface area contributed by atoms with Crippen LogP contribution in [0.1, 0.15) is 44.8 Å². The first-order valence-electron chi connectivity index (χ1n) is 8.41. The van der Waals surface area contributed by atoms with Gasteiger partial charge in [0.2, 0.25) is 0 Å². The van der Waals surface area contributed by atoms with Crippen LogP contribution in [0, 0.1) is 5.92 Å². The predicted octanol–water partition coefficient (Wildman–Crippen LogP) is 2.08. The summed E-state index contributed by atoms with van der Waals surface area (Å²) in [5, 5.41) is 7.21. The van der Waals surface area contributed by atoms with Crippen LogP contribution < -0.4 is 5.32 Å². The van der Waals surface area contributed by atoms with Crippen molar-refractivity contribution in [1.29, 1.82) is 0 Å². The molecular weight excluding hydrogens is 308 g/mol. The summed E-state index contributed by atoms with van der Waals surface area (Å²) in [4.78, 5) is 18.8. The van der Waals surface area contributed by atoms with Gasteiger partial charge in [-0.3, -0.25) is 4.90 Å². The molecule has 1 fully saturated rings. The van der Waals surface area contributed by atoms with Crippen molar-refractivity contribution in [3.63, 3.8) is 0 Å². The predicted molar refractivity (Wildman–Crippen MR) is 88.4 cm³/mol.